The van der Waals surface area contributed by atoms with Crippen molar-refractivity contribution in [2.45, 2.75) is 26.3 Å². The molecule has 0 aliphatic carbocycles. The Morgan fingerprint density at radius 1 is 1.35 bits per heavy atom. The third kappa shape index (κ3) is 4.01. The van der Waals surface area contributed by atoms with Gasteiger partial charge < -0.3 is 15.2 Å². The Balaban J connectivity index is 2.88. The summed E-state index contributed by atoms with van der Waals surface area (Å²) in [6, 6.07) is 0.136. The summed E-state index contributed by atoms with van der Waals surface area (Å²) in [5, 5.41) is 18.8. The van der Waals surface area contributed by atoms with Crippen molar-refractivity contribution in [3.05, 3.63) is 23.0 Å². The molecule has 0 aliphatic heterocycles. The lowest BCUT2D eigenvalue weighted by Gasteiger charge is -2.14. The fourth-order valence-corrected chi connectivity index (χ4v) is 1.47. The van der Waals surface area contributed by atoms with E-state index >= 15 is 0 Å². The molecular weight excluding hydrogens is 266 g/mol. The summed E-state index contributed by atoms with van der Waals surface area (Å²) in [6.45, 7) is 3.24. The summed E-state index contributed by atoms with van der Waals surface area (Å²) in [5.41, 5.74) is 1.12. The molecule has 108 valence electrons. The Morgan fingerprint density at radius 3 is 2.55 bits per heavy atom. The summed E-state index contributed by atoms with van der Waals surface area (Å²) < 4.78 is 4.39. The van der Waals surface area contributed by atoms with Crippen LogP contribution >= 0.6 is 0 Å². The highest BCUT2D eigenvalue weighted by Crippen LogP contribution is 2.06. The molecule has 1 heterocycles. The number of esters is 1. The number of aliphatic carboxylic acids is 1. The van der Waals surface area contributed by atoms with Crippen molar-refractivity contribution in [1.82, 2.24) is 15.5 Å². The highest BCUT2D eigenvalue weighted by atomic mass is 16.5. The molecule has 0 radical (unpaired) electrons. The summed E-state index contributed by atoms with van der Waals surface area (Å²) >= 11 is 0. The maximum Gasteiger partial charge on any atom is 0.326 e. The van der Waals surface area contributed by atoms with Crippen molar-refractivity contribution >= 4 is 17.8 Å². The van der Waals surface area contributed by atoms with E-state index in [4.69, 9.17) is 5.11 Å². The van der Waals surface area contributed by atoms with Crippen LogP contribution in [0.25, 0.3) is 0 Å². The molecule has 20 heavy (non-hydrogen) atoms. The average molecular weight is 281 g/mol. The first kappa shape index (κ1) is 15.5. The molecule has 0 bridgehead atoms. The van der Waals surface area contributed by atoms with Crippen LogP contribution in [0.15, 0.2) is 6.07 Å². The minimum Gasteiger partial charge on any atom is -0.480 e. The van der Waals surface area contributed by atoms with E-state index in [-0.39, 0.29) is 5.56 Å². The molecule has 1 aromatic rings. The van der Waals surface area contributed by atoms with Crippen molar-refractivity contribution in [2.24, 2.45) is 0 Å². The Bertz CT molecular complexity index is 544. The van der Waals surface area contributed by atoms with Crippen molar-refractivity contribution in [3.63, 3.8) is 0 Å². The van der Waals surface area contributed by atoms with Gasteiger partial charge in [-0.2, -0.15) is 10.2 Å². The van der Waals surface area contributed by atoms with Crippen LogP contribution in [0, 0.1) is 13.8 Å². The number of hydrogen-bond acceptors (Lipinski definition) is 6. The predicted octanol–water partition coefficient (Wildman–Crippen LogP) is -0.160. The molecule has 0 saturated heterocycles. The molecule has 8 nitrogen and oxygen atoms in total. The van der Waals surface area contributed by atoms with E-state index in [1.54, 1.807) is 13.8 Å². The van der Waals surface area contributed by atoms with E-state index in [9.17, 15) is 14.4 Å². The number of aromatic nitrogens is 2. The maximum atomic E-state index is 12.0. The van der Waals surface area contributed by atoms with E-state index in [1.807, 2.05) is 0 Å². The number of carboxylic acids is 1. The van der Waals surface area contributed by atoms with Gasteiger partial charge in [0.15, 0.2) is 0 Å². The van der Waals surface area contributed by atoms with Crippen LogP contribution in [-0.2, 0) is 14.3 Å². The topological polar surface area (TPSA) is 118 Å². The normalized spacial score (nSPS) is 11.6. The van der Waals surface area contributed by atoms with Crippen LogP contribution in [0.5, 0.6) is 0 Å². The number of carbonyl (C=O) groups is 3. The number of rotatable bonds is 5. The zero-order valence-corrected chi connectivity index (χ0v) is 11.3. The van der Waals surface area contributed by atoms with Crippen LogP contribution in [0.4, 0.5) is 0 Å². The maximum absolute atomic E-state index is 12.0. The number of aryl methyl sites for hydroxylation is 2. The highest BCUT2D eigenvalue weighted by Gasteiger charge is 2.25. The van der Waals surface area contributed by atoms with Gasteiger partial charge >= 0.3 is 11.9 Å². The molecule has 0 aromatic carbocycles. The van der Waals surface area contributed by atoms with Gasteiger partial charge in [-0.3, -0.25) is 9.59 Å². The fraction of sp³-hybridized carbons (Fsp3) is 0.417. The zero-order chi connectivity index (χ0) is 15.3. The third-order valence-electron chi connectivity index (χ3n) is 2.55. The van der Waals surface area contributed by atoms with Crippen LogP contribution < -0.4 is 5.32 Å². The SMILES string of the molecule is COC(=O)C[C@H](NC(=O)c1cc(C)nnc1C)C(=O)O. The quantitative estimate of drug-likeness (QED) is 0.720. The Hall–Kier alpha value is -2.51. The first-order valence-electron chi connectivity index (χ1n) is 5.76. The standard InChI is InChI=1S/C12H15N3O5/c1-6-4-8(7(2)15-14-6)11(17)13-9(12(18)19)5-10(16)20-3/h4,9H,5H2,1-3H3,(H,13,17)(H,18,19)/t9-/m0/s1. The van der Waals surface area contributed by atoms with Gasteiger partial charge in [0, 0.05) is 0 Å². The minimum absolute atomic E-state index is 0.216. The van der Waals surface area contributed by atoms with E-state index < -0.39 is 30.3 Å². The molecule has 0 spiro atoms. The molecule has 2 N–H and O–H groups in total. The van der Waals surface area contributed by atoms with Crippen molar-refractivity contribution < 1.29 is 24.2 Å². The molecule has 8 heteroatoms. The summed E-state index contributed by atoms with van der Waals surface area (Å²) in [7, 11) is 1.14. The van der Waals surface area contributed by atoms with Crippen LogP contribution in [0.3, 0.4) is 0 Å². The lowest BCUT2D eigenvalue weighted by atomic mass is 10.1. The average Bonchev–Trinajstić information content (AvgIpc) is 2.40. The van der Waals surface area contributed by atoms with E-state index in [1.165, 1.54) is 6.07 Å². The number of methoxy groups -OCH3 is 1. The van der Waals surface area contributed by atoms with Crippen LogP contribution in [0.2, 0.25) is 0 Å². The van der Waals surface area contributed by atoms with Crippen LogP contribution in [-0.4, -0.2) is 46.3 Å². The van der Waals surface area contributed by atoms with Gasteiger partial charge in [0.25, 0.3) is 5.91 Å². The second-order valence-corrected chi connectivity index (χ2v) is 4.13. The summed E-state index contributed by atoms with van der Waals surface area (Å²) in [6.07, 6.45) is -0.450. The molecule has 1 rings (SSSR count). The molecule has 1 atom stereocenters. The van der Waals surface area contributed by atoms with Crippen LogP contribution in [0.1, 0.15) is 28.2 Å². The van der Waals surface area contributed by atoms with Gasteiger partial charge in [-0.15, -0.1) is 0 Å². The number of nitrogens with one attached hydrogen (secondary N) is 1. The predicted molar refractivity (Wildman–Crippen MR) is 67.0 cm³/mol. The molecule has 1 aromatic heterocycles. The lowest BCUT2D eigenvalue weighted by molar-refractivity contribution is -0.147. The number of carboxylic acid groups (broad SMARTS) is 1. The highest BCUT2D eigenvalue weighted by molar-refractivity contribution is 5.98. The zero-order valence-electron chi connectivity index (χ0n) is 11.3. The van der Waals surface area contributed by atoms with Crippen molar-refractivity contribution in [1.29, 1.82) is 0 Å². The third-order valence-corrected chi connectivity index (χ3v) is 2.55. The van der Waals surface area contributed by atoms with Gasteiger partial charge in [-0.1, -0.05) is 0 Å². The van der Waals surface area contributed by atoms with Gasteiger partial charge in [0.1, 0.15) is 6.04 Å². The van der Waals surface area contributed by atoms with Crippen molar-refractivity contribution in [3.8, 4) is 0 Å². The molecule has 0 saturated carbocycles. The lowest BCUT2D eigenvalue weighted by Crippen LogP contribution is -2.42. The second-order valence-electron chi connectivity index (χ2n) is 4.13. The summed E-state index contributed by atoms with van der Waals surface area (Å²) in [5.74, 6) is -2.67. The van der Waals surface area contributed by atoms with Gasteiger partial charge in [0.2, 0.25) is 0 Å². The molecule has 0 aliphatic rings. The van der Waals surface area contributed by atoms with Crippen molar-refractivity contribution in [2.75, 3.05) is 7.11 Å². The van der Waals surface area contributed by atoms with E-state index in [2.05, 4.69) is 20.3 Å². The van der Waals surface area contributed by atoms with Gasteiger partial charge in [0.05, 0.1) is 30.5 Å². The number of ether oxygens (including phenoxy) is 1. The number of nitrogens with zero attached hydrogens (tertiary/aromatic N) is 2. The molecule has 0 unspecified atom stereocenters. The minimum atomic E-state index is -1.36. The number of hydrogen-bond donors (Lipinski definition) is 2. The molecular formula is C12H15N3O5. The first-order valence-corrected chi connectivity index (χ1v) is 5.76. The van der Waals surface area contributed by atoms with Gasteiger partial charge in [-0.25, -0.2) is 4.79 Å². The Labute approximate surface area is 115 Å². The molecule has 1 amide bonds. The van der Waals surface area contributed by atoms with Gasteiger partial charge in [-0.05, 0) is 19.9 Å². The monoisotopic (exact) mass is 281 g/mol. The van der Waals surface area contributed by atoms with E-state index in [0.29, 0.717) is 11.4 Å². The Kier molecular flexibility index (Phi) is 5.13. The van der Waals surface area contributed by atoms with E-state index in [0.717, 1.165) is 7.11 Å². The smallest absolute Gasteiger partial charge is 0.326 e. The summed E-state index contributed by atoms with van der Waals surface area (Å²) in [4.78, 5) is 34.1. The molecule has 0 fully saturated rings. The number of carbonyl (C=O) groups excluding carboxylic acids is 2. The first-order chi connectivity index (χ1) is 9.35. The Morgan fingerprint density at radius 2 is 2.00 bits per heavy atom. The number of amides is 1. The fourth-order valence-electron chi connectivity index (χ4n) is 1.47. The second kappa shape index (κ2) is 6.60. The largest absolute Gasteiger partial charge is 0.480 e.